The predicted octanol–water partition coefficient (Wildman–Crippen LogP) is 3.89. The number of aromatic nitrogens is 2. The van der Waals surface area contributed by atoms with Gasteiger partial charge in [-0.15, -0.1) is 5.10 Å². The van der Waals surface area contributed by atoms with Crippen molar-refractivity contribution in [3.05, 3.63) is 70.2 Å². The minimum Gasteiger partial charge on any atom is -0.489 e. The van der Waals surface area contributed by atoms with E-state index in [-0.39, 0.29) is 13.2 Å². The third kappa shape index (κ3) is 5.44. The molecule has 0 aliphatic carbocycles. The molecule has 0 spiro atoms. The van der Waals surface area contributed by atoms with E-state index in [1.165, 1.54) is 0 Å². The van der Waals surface area contributed by atoms with Crippen molar-refractivity contribution >= 4 is 29.1 Å². The van der Waals surface area contributed by atoms with Crippen molar-refractivity contribution in [3.63, 3.8) is 0 Å². The Morgan fingerprint density at radius 1 is 0.962 bits per heavy atom. The maximum Gasteiger partial charge on any atom is 0.344 e. The highest BCUT2D eigenvalue weighted by Gasteiger charge is 2.10. The standard InChI is InChI=1S/C18H15ClN2O4S/c19-18-16(20-21-26-18)11-25-17(22)12-24-15-8-6-14(7-9-15)23-10-13-4-2-1-3-5-13/h1-9H,10-12H2. The second-order valence-corrected chi connectivity index (χ2v) is 6.54. The molecule has 3 rings (SSSR count). The summed E-state index contributed by atoms with van der Waals surface area (Å²) in [6.07, 6.45) is 0. The zero-order valence-electron chi connectivity index (χ0n) is 13.6. The number of hydrogen-bond donors (Lipinski definition) is 0. The Bertz CT molecular complexity index is 840. The Balaban J connectivity index is 1.41. The number of benzene rings is 2. The molecule has 1 heterocycles. The van der Waals surface area contributed by atoms with Gasteiger partial charge in [0, 0.05) is 11.5 Å². The fraction of sp³-hybridized carbons (Fsp3) is 0.167. The normalized spacial score (nSPS) is 10.3. The van der Waals surface area contributed by atoms with Gasteiger partial charge in [-0.1, -0.05) is 46.4 Å². The summed E-state index contributed by atoms with van der Waals surface area (Å²) in [5.41, 5.74) is 1.52. The molecule has 8 heteroatoms. The van der Waals surface area contributed by atoms with Gasteiger partial charge in [-0.05, 0) is 29.8 Å². The molecule has 3 aromatic rings. The number of nitrogens with zero attached hydrogens (tertiary/aromatic N) is 2. The summed E-state index contributed by atoms with van der Waals surface area (Å²) in [6, 6.07) is 16.9. The van der Waals surface area contributed by atoms with Crippen LogP contribution in [0.1, 0.15) is 11.3 Å². The van der Waals surface area contributed by atoms with E-state index in [2.05, 4.69) is 9.59 Å². The quantitative estimate of drug-likeness (QED) is 0.543. The monoisotopic (exact) mass is 390 g/mol. The van der Waals surface area contributed by atoms with E-state index in [0.717, 1.165) is 22.8 Å². The van der Waals surface area contributed by atoms with Gasteiger partial charge in [-0.25, -0.2) is 4.79 Å². The second kappa shape index (κ2) is 9.17. The van der Waals surface area contributed by atoms with Crippen molar-refractivity contribution in [2.75, 3.05) is 6.61 Å². The molecular weight excluding hydrogens is 376 g/mol. The zero-order chi connectivity index (χ0) is 18.2. The van der Waals surface area contributed by atoms with Gasteiger partial charge in [-0.3, -0.25) is 0 Å². The van der Waals surface area contributed by atoms with Crippen LogP contribution >= 0.6 is 23.1 Å². The Morgan fingerprint density at radius 2 is 1.65 bits per heavy atom. The van der Waals surface area contributed by atoms with Crippen LogP contribution in [0.4, 0.5) is 0 Å². The van der Waals surface area contributed by atoms with Gasteiger partial charge >= 0.3 is 5.97 Å². The average Bonchev–Trinajstić information content (AvgIpc) is 3.09. The minimum absolute atomic E-state index is 0.0240. The molecule has 0 atom stereocenters. The smallest absolute Gasteiger partial charge is 0.344 e. The first-order valence-corrected chi connectivity index (χ1v) is 8.88. The van der Waals surface area contributed by atoms with Crippen LogP contribution in [0.25, 0.3) is 0 Å². The Labute approximate surface area is 159 Å². The van der Waals surface area contributed by atoms with Gasteiger partial charge in [0.2, 0.25) is 0 Å². The highest BCUT2D eigenvalue weighted by Crippen LogP contribution is 2.19. The molecule has 0 aliphatic rings. The summed E-state index contributed by atoms with van der Waals surface area (Å²) in [7, 11) is 0. The van der Waals surface area contributed by atoms with Gasteiger partial charge in [0.25, 0.3) is 0 Å². The van der Waals surface area contributed by atoms with E-state index in [0.29, 0.717) is 22.4 Å². The lowest BCUT2D eigenvalue weighted by Gasteiger charge is -2.09. The van der Waals surface area contributed by atoms with Gasteiger partial charge in [0.05, 0.1) is 0 Å². The number of rotatable bonds is 8. The lowest BCUT2D eigenvalue weighted by Crippen LogP contribution is -2.15. The minimum atomic E-state index is -0.515. The Hall–Kier alpha value is -2.64. The lowest BCUT2D eigenvalue weighted by molar-refractivity contribution is -0.147. The van der Waals surface area contributed by atoms with Crippen molar-refractivity contribution < 1.29 is 19.0 Å². The first-order chi connectivity index (χ1) is 12.7. The average molecular weight is 391 g/mol. The number of carbonyl (C=O) groups excluding carboxylic acids is 1. The summed E-state index contributed by atoms with van der Waals surface area (Å²) >= 11 is 6.87. The van der Waals surface area contributed by atoms with Crippen molar-refractivity contribution in [1.29, 1.82) is 0 Å². The summed E-state index contributed by atoms with van der Waals surface area (Å²) in [5.74, 6) is 0.746. The molecule has 0 amide bonds. The van der Waals surface area contributed by atoms with Crippen LogP contribution in [0.5, 0.6) is 11.5 Å². The lowest BCUT2D eigenvalue weighted by atomic mass is 10.2. The molecule has 0 N–H and O–H groups in total. The second-order valence-electron chi connectivity index (χ2n) is 5.19. The van der Waals surface area contributed by atoms with E-state index >= 15 is 0 Å². The van der Waals surface area contributed by atoms with Crippen LogP contribution in [0.15, 0.2) is 54.6 Å². The van der Waals surface area contributed by atoms with Gasteiger partial charge in [0.15, 0.2) is 6.61 Å². The number of halogens is 1. The third-order valence-electron chi connectivity index (χ3n) is 3.31. The molecule has 0 saturated heterocycles. The number of hydrogen-bond acceptors (Lipinski definition) is 7. The highest BCUT2D eigenvalue weighted by atomic mass is 35.5. The Kier molecular flexibility index (Phi) is 6.40. The zero-order valence-corrected chi connectivity index (χ0v) is 15.2. The molecule has 0 saturated carbocycles. The number of esters is 1. The van der Waals surface area contributed by atoms with E-state index in [9.17, 15) is 4.79 Å². The fourth-order valence-corrected chi connectivity index (χ4v) is 2.59. The van der Waals surface area contributed by atoms with Crippen LogP contribution in [-0.4, -0.2) is 22.2 Å². The summed E-state index contributed by atoms with van der Waals surface area (Å²) in [6.45, 7) is 0.255. The first kappa shape index (κ1) is 18.2. The van der Waals surface area contributed by atoms with Crippen molar-refractivity contribution in [2.45, 2.75) is 13.2 Å². The molecule has 1 aromatic heterocycles. The Morgan fingerprint density at radius 3 is 2.31 bits per heavy atom. The molecule has 0 aliphatic heterocycles. The molecular formula is C18H15ClN2O4S. The summed E-state index contributed by atoms with van der Waals surface area (Å²) in [5, 5.41) is 3.76. The highest BCUT2D eigenvalue weighted by molar-refractivity contribution is 7.10. The number of carbonyl (C=O) groups is 1. The molecule has 0 bridgehead atoms. The van der Waals surface area contributed by atoms with Crippen LogP contribution in [-0.2, 0) is 22.7 Å². The fourth-order valence-electron chi connectivity index (χ4n) is 1.99. The van der Waals surface area contributed by atoms with E-state index in [4.69, 9.17) is 25.8 Å². The van der Waals surface area contributed by atoms with Gasteiger partial charge in [-0.2, -0.15) is 0 Å². The van der Waals surface area contributed by atoms with E-state index in [1.807, 2.05) is 30.3 Å². The maximum atomic E-state index is 11.7. The van der Waals surface area contributed by atoms with Crippen LogP contribution in [0, 0.1) is 0 Å². The summed E-state index contributed by atoms with van der Waals surface area (Å²) in [4.78, 5) is 11.7. The predicted molar refractivity (Wildman–Crippen MR) is 97.4 cm³/mol. The SMILES string of the molecule is O=C(COc1ccc(OCc2ccccc2)cc1)OCc1nnsc1Cl. The number of ether oxygens (including phenoxy) is 3. The molecule has 0 radical (unpaired) electrons. The topological polar surface area (TPSA) is 70.5 Å². The van der Waals surface area contributed by atoms with E-state index in [1.54, 1.807) is 24.3 Å². The molecule has 26 heavy (non-hydrogen) atoms. The molecule has 0 unspecified atom stereocenters. The third-order valence-corrected chi connectivity index (χ3v) is 4.29. The molecule has 6 nitrogen and oxygen atoms in total. The largest absolute Gasteiger partial charge is 0.489 e. The van der Waals surface area contributed by atoms with Gasteiger partial charge in [0.1, 0.15) is 34.7 Å². The van der Waals surface area contributed by atoms with Crippen molar-refractivity contribution in [2.24, 2.45) is 0 Å². The van der Waals surface area contributed by atoms with Crippen LogP contribution in [0.3, 0.4) is 0 Å². The van der Waals surface area contributed by atoms with Crippen molar-refractivity contribution in [3.8, 4) is 11.5 Å². The maximum absolute atomic E-state index is 11.7. The van der Waals surface area contributed by atoms with Crippen molar-refractivity contribution in [1.82, 2.24) is 9.59 Å². The van der Waals surface area contributed by atoms with Gasteiger partial charge < -0.3 is 14.2 Å². The molecule has 134 valence electrons. The molecule has 0 fully saturated rings. The molecule has 2 aromatic carbocycles. The van der Waals surface area contributed by atoms with E-state index < -0.39 is 5.97 Å². The van der Waals surface area contributed by atoms with Crippen LogP contribution < -0.4 is 9.47 Å². The summed E-state index contributed by atoms with van der Waals surface area (Å²) < 4.78 is 20.2. The first-order valence-electron chi connectivity index (χ1n) is 7.72. The van der Waals surface area contributed by atoms with Crippen LogP contribution in [0.2, 0.25) is 4.34 Å².